The van der Waals surface area contributed by atoms with Gasteiger partial charge in [-0.25, -0.2) is 0 Å². The number of hydrogen-bond acceptors (Lipinski definition) is 3. The third kappa shape index (κ3) is 3.56. The molecule has 6 heteroatoms. The molecule has 0 spiro atoms. The van der Waals surface area contributed by atoms with Crippen LogP contribution in [-0.4, -0.2) is 56.4 Å². The van der Waals surface area contributed by atoms with Crippen molar-refractivity contribution in [2.45, 2.75) is 25.1 Å². The Morgan fingerprint density at radius 3 is 2.53 bits per heavy atom. The Kier molecular flexibility index (Phi) is 4.27. The SMILES string of the molecule is FC(F)(F)C1CNCCN1CC1CCCNC1. The van der Waals surface area contributed by atoms with Crippen LogP contribution < -0.4 is 10.6 Å². The minimum atomic E-state index is -4.12. The van der Waals surface area contributed by atoms with Crippen LogP contribution in [0.25, 0.3) is 0 Å². The first-order valence-corrected chi connectivity index (χ1v) is 6.29. The lowest BCUT2D eigenvalue weighted by Crippen LogP contribution is -2.59. The molecule has 2 fully saturated rings. The van der Waals surface area contributed by atoms with Gasteiger partial charge in [0.15, 0.2) is 0 Å². The van der Waals surface area contributed by atoms with Gasteiger partial charge in [0.1, 0.15) is 6.04 Å². The largest absolute Gasteiger partial charge is 0.405 e. The molecule has 2 unspecified atom stereocenters. The lowest BCUT2D eigenvalue weighted by Gasteiger charge is -2.39. The van der Waals surface area contributed by atoms with Gasteiger partial charge in [-0.15, -0.1) is 0 Å². The van der Waals surface area contributed by atoms with Crippen molar-refractivity contribution in [2.24, 2.45) is 5.92 Å². The van der Waals surface area contributed by atoms with Crippen molar-refractivity contribution in [3.63, 3.8) is 0 Å². The van der Waals surface area contributed by atoms with Crippen LogP contribution in [0.15, 0.2) is 0 Å². The van der Waals surface area contributed by atoms with Gasteiger partial charge in [-0.1, -0.05) is 0 Å². The second kappa shape index (κ2) is 5.54. The molecule has 0 aromatic heterocycles. The van der Waals surface area contributed by atoms with Crippen molar-refractivity contribution < 1.29 is 13.2 Å². The molecule has 2 rings (SSSR count). The number of piperazine rings is 1. The van der Waals surface area contributed by atoms with Crippen molar-refractivity contribution >= 4 is 0 Å². The predicted octanol–water partition coefficient (Wildman–Crippen LogP) is 0.822. The first kappa shape index (κ1) is 13.1. The fraction of sp³-hybridized carbons (Fsp3) is 1.00. The standard InChI is InChI=1S/C11H20F3N3/c12-11(13,14)10-7-16-4-5-17(10)8-9-2-1-3-15-6-9/h9-10,15-16H,1-8H2. The maximum Gasteiger partial charge on any atom is 0.405 e. The number of nitrogens with zero attached hydrogens (tertiary/aromatic N) is 1. The smallest absolute Gasteiger partial charge is 0.316 e. The lowest BCUT2D eigenvalue weighted by atomic mass is 9.98. The summed E-state index contributed by atoms with van der Waals surface area (Å²) >= 11 is 0. The highest BCUT2D eigenvalue weighted by Gasteiger charge is 2.44. The van der Waals surface area contributed by atoms with Crippen LogP contribution in [0.5, 0.6) is 0 Å². The van der Waals surface area contributed by atoms with Crippen LogP contribution >= 0.6 is 0 Å². The molecule has 2 heterocycles. The Bertz CT molecular complexity index is 239. The highest BCUT2D eigenvalue weighted by atomic mass is 19.4. The molecule has 100 valence electrons. The van der Waals surface area contributed by atoms with Crippen LogP contribution in [-0.2, 0) is 0 Å². The minimum absolute atomic E-state index is 0.0314. The Morgan fingerprint density at radius 1 is 1.12 bits per heavy atom. The summed E-state index contributed by atoms with van der Waals surface area (Å²) in [5.74, 6) is 0.367. The number of rotatable bonds is 2. The van der Waals surface area contributed by atoms with Gasteiger partial charge in [-0.3, -0.25) is 4.90 Å². The Hall–Kier alpha value is -0.330. The molecule has 0 amide bonds. The molecule has 2 aliphatic heterocycles. The Labute approximate surface area is 99.7 Å². The fourth-order valence-electron chi connectivity index (χ4n) is 2.70. The fourth-order valence-corrected chi connectivity index (χ4v) is 2.70. The molecule has 0 bridgehead atoms. The van der Waals surface area contributed by atoms with Gasteiger partial charge in [0.25, 0.3) is 0 Å². The number of nitrogens with one attached hydrogen (secondary N) is 2. The summed E-state index contributed by atoms with van der Waals surface area (Å²) in [5, 5.41) is 6.09. The third-order valence-electron chi connectivity index (χ3n) is 3.62. The van der Waals surface area contributed by atoms with Crippen LogP contribution in [0.3, 0.4) is 0 Å². The summed E-state index contributed by atoms with van der Waals surface area (Å²) in [6.45, 7) is 3.62. The van der Waals surface area contributed by atoms with Crippen molar-refractivity contribution in [1.29, 1.82) is 0 Å². The van der Waals surface area contributed by atoms with Gasteiger partial charge in [0.05, 0.1) is 0 Å². The molecule has 0 aromatic rings. The molecule has 3 nitrogen and oxygen atoms in total. The van der Waals surface area contributed by atoms with Crippen LogP contribution in [0, 0.1) is 5.92 Å². The first-order valence-electron chi connectivity index (χ1n) is 6.29. The average molecular weight is 251 g/mol. The van der Waals surface area contributed by atoms with E-state index in [0.29, 0.717) is 25.6 Å². The quantitative estimate of drug-likeness (QED) is 0.761. The van der Waals surface area contributed by atoms with Crippen molar-refractivity contribution in [1.82, 2.24) is 15.5 Å². The molecule has 0 saturated carbocycles. The first-order chi connectivity index (χ1) is 8.07. The zero-order valence-electron chi connectivity index (χ0n) is 9.89. The van der Waals surface area contributed by atoms with E-state index < -0.39 is 12.2 Å². The van der Waals surface area contributed by atoms with Gasteiger partial charge >= 0.3 is 6.18 Å². The molecule has 0 radical (unpaired) electrons. The van der Waals surface area contributed by atoms with E-state index in [2.05, 4.69) is 10.6 Å². The highest BCUT2D eigenvalue weighted by molar-refractivity contribution is 4.87. The molecule has 0 aromatic carbocycles. The maximum atomic E-state index is 12.8. The van der Waals surface area contributed by atoms with E-state index in [0.717, 1.165) is 25.9 Å². The Morgan fingerprint density at radius 2 is 1.88 bits per heavy atom. The number of hydrogen-bond donors (Lipinski definition) is 2. The highest BCUT2D eigenvalue weighted by Crippen LogP contribution is 2.27. The van der Waals surface area contributed by atoms with Crippen molar-refractivity contribution in [2.75, 3.05) is 39.3 Å². The molecule has 2 saturated heterocycles. The number of halogens is 3. The Balaban J connectivity index is 1.91. The van der Waals surface area contributed by atoms with E-state index in [9.17, 15) is 13.2 Å². The summed E-state index contributed by atoms with van der Waals surface area (Å²) < 4.78 is 38.5. The lowest BCUT2D eigenvalue weighted by molar-refractivity contribution is -0.188. The van der Waals surface area contributed by atoms with E-state index in [4.69, 9.17) is 0 Å². The van der Waals surface area contributed by atoms with E-state index >= 15 is 0 Å². The van der Waals surface area contributed by atoms with Gasteiger partial charge in [0, 0.05) is 26.2 Å². The van der Waals surface area contributed by atoms with E-state index in [1.807, 2.05) is 0 Å². The third-order valence-corrected chi connectivity index (χ3v) is 3.62. The topological polar surface area (TPSA) is 27.3 Å². The molecule has 2 aliphatic rings. The summed E-state index contributed by atoms with van der Waals surface area (Å²) in [6.07, 6.45) is -2.00. The number of piperidine rings is 1. The van der Waals surface area contributed by atoms with Gasteiger partial charge in [-0.05, 0) is 31.8 Å². The summed E-state index contributed by atoms with van der Waals surface area (Å²) in [5.41, 5.74) is 0. The van der Waals surface area contributed by atoms with E-state index in [1.54, 1.807) is 4.90 Å². The zero-order chi connectivity index (χ0) is 12.3. The van der Waals surface area contributed by atoms with E-state index in [-0.39, 0.29) is 6.54 Å². The molecule has 2 N–H and O–H groups in total. The van der Waals surface area contributed by atoms with Crippen LogP contribution in [0.1, 0.15) is 12.8 Å². The van der Waals surface area contributed by atoms with Gasteiger partial charge in [-0.2, -0.15) is 13.2 Å². The molecule has 0 aliphatic carbocycles. The zero-order valence-corrected chi connectivity index (χ0v) is 9.89. The molecular formula is C11H20F3N3. The average Bonchev–Trinajstić information content (AvgIpc) is 2.30. The monoisotopic (exact) mass is 251 g/mol. The van der Waals surface area contributed by atoms with Crippen molar-refractivity contribution in [3.05, 3.63) is 0 Å². The van der Waals surface area contributed by atoms with Gasteiger partial charge < -0.3 is 10.6 Å². The number of alkyl halides is 3. The summed E-state index contributed by atoms with van der Waals surface area (Å²) in [6, 6.07) is -1.31. The minimum Gasteiger partial charge on any atom is -0.316 e. The molecule has 2 atom stereocenters. The van der Waals surface area contributed by atoms with Gasteiger partial charge in [0.2, 0.25) is 0 Å². The molecular weight excluding hydrogens is 231 g/mol. The normalized spacial score (nSPS) is 32.6. The van der Waals surface area contributed by atoms with Crippen LogP contribution in [0.4, 0.5) is 13.2 Å². The summed E-state index contributed by atoms with van der Waals surface area (Å²) in [7, 11) is 0. The maximum absolute atomic E-state index is 12.8. The van der Waals surface area contributed by atoms with Crippen molar-refractivity contribution in [3.8, 4) is 0 Å². The molecule has 17 heavy (non-hydrogen) atoms. The summed E-state index contributed by atoms with van der Waals surface area (Å²) in [4.78, 5) is 1.61. The predicted molar refractivity (Wildman–Crippen MR) is 59.9 cm³/mol. The second-order valence-electron chi connectivity index (χ2n) is 4.97. The second-order valence-corrected chi connectivity index (χ2v) is 4.97. The van der Waals surface area contributed by atoms with Crippen LogP contribution in [0.2, 0.25) is 0 Å². The van der Waals surface area contributed by atoms with E-state index in [1.165, 1.54) is 0 Å².